The van der Waals surface area contributed by atoms with Crippen molar-refractivity contribution < 1.29 is 4.74 Å². The molecule has 0 unspecified atom stereocenters. The van der Waals surface area contributed by atoms with Crippen LogP contribution in [0.1, 0.15) is 25.0 Å². The van der Waals surface area contributed by atoms with Crippen LogP contribution in [0.2, 0.25) is 0 Å². The van der Waals surface area contributed by atoms with Gasteiger partial charge in [-0.05, 0) is 29.4 Å². The van der Waals surface area contributed by atoms with Crippen molar-refractivity contribution in [2.75, 3.05) is 63.7 Å². The van der Waals surface area contributed by atoms with Crippen LogP contribution in [0.3, 0.4) is 0 Å². The SMILES string of the molecule is CN(C)c1nc2sc3c(NCCN4CCOCC4)ncnc3c2c2c1CC(C)(C)C2. The fourth-order valence-corrected chi connectivity index (χ4v) is 5.87. The minimum Gasteiger partial charge on any atom is -0.379 e. The Labute approximate surface area is 181 Å². The van der Waals surface area contributed by atoms with Gasteiger partial charge in [-0.15, -0.1) is 11.3 Å². The Morgan fingerprint density at radius 1 is 1.17 bits per heavy atom. The molecule has 0 atom stereocenters. The molecule has 30 heavy (non-hydrogen) atoms. The summed E-state index contributed by atoms with van der Waals surface area (Å²) in [6.07, 6.45) is 3.82. The third-order valence-electron chi connectivity index (χ3n) is 6.16. The first kappa shape index (κ1) is 19.9. The van der Waals surface area contributed by atoms with E-state index in [2.05, 4.69) is 48.0 Å². The lowest BCUT2D eigenvalue weighted by Gasteiger charge is -2.26. The molecule has 0 radical (unpaired) electrons. The number of morpholine rings is 1. The molecule has 5 rings (SSSR count). The minimum atomic E-state index is 0.254. The van der Waals surface area contributed by atoms with Crippen LogP contribution in [-0.2, 0) is 17.6 Å². The van der Waals surface area contributed by atoms with E-state index in [-0.39, 0.29) is 5.41 Å². The van der Waals surface area contributed by atoms with Gasteiger partial charge in [-0.2, -0.15) is 0 Å². The summed E-state index contributed by atoms with van der Waals surface area (Å²) in [4.78, 5) is 20.0. The van der Waals surface area contributed by atoms with E-state index in [1.54, 1.807) is 17.7 Å². The van der Waals surface area contributed by atoms with Crippen LogP contribution in [-0.4, -0.2) is 73.3 Å². The summed E-state index contributed by atoms with van der Waals surface area (Å²) in [5.41, 5.74) is 4.12. The van der Waals surface area contributed by atoms with Crippen LogP contribution < -0.4 is 10.2 Å². The van der Waals surface area contributed by atoms with E-state index in [1.165, 1.54) is 16.5 Å². The van der Waals surface area contributed by atoms with E-state index in [1.807, 2.05) is 0 Å². The van der Waals surface area contributed by atoms with Crippen molar-refractivity contribution in [3.8, 4) is 0 Å². The highest BCUT2D eigenvalue weighted by Crippen LogP contribution is 2.47. The fourth-order valence-electron chi connectivity index (χ4n) is 4.75. The number of thiophene rings is 1. The number of nitrogens with one attached hydrogen (secondary N) is 1. The van der Waals surface area contributed by atoms with Crippen molar-refractivity contribution in [2.45, 2.75) is 26.7 Å². The maximum atomic E-state index is 5.44. The molecule has 1 N–H and O–H groups in total. The van der Waals surface area contributed by atoms with Crippen LogP contribution in [0.15, 0.2) is 6.33 Å². The van der Waals surface area contributed by atoms with Gasteiger partial charge < -0.3 is 15.0 Å². The summed E-state index contributed by atoms with van der Waals surface area (Å²) in [5.74, 6) is 2.03. The molecule has 0 spiro atoms. The highest BCUT2D eigenvalue weighted by Gasteiger charge is 2.34. The maximum Gasteiger partial charge on any atom is 0.147 e. The van der Waals surface area contributed by atoms with Crippen LogP contribution in [0, 0.1) is 5.41 Å². The molecule has 0 amide bonds. The van der Waals surface area contributed by atoms with Crippen LogP contribution in [0.25, 0.3) is 20.4 Å². The van der Waals surface area contributed by atoms with E-state index >= 15 is 0 Å². The molecule has 2 aliphatic rings. The first-order chi connectivity index (χ1) is 14.4. The molecule has 1 aliphatic carbocycles. The zero-order valence-corrected chi connectivity index (χ0v) is 19.1. The molecule has 1 saturated heterocycles. The molecule has 0 bridgehead atoms. The van der Waals surface area contributed by atoms with E-state index in [0.717, 1.165) is 78.9 Å². The van der Waals surface area contributed by atoms with Crippen LogP contribution in [0.4, 0.5) is 11.6 Å². The normalized spacial score (nSPS) is 18.8. The largest absolute Gasteiger partial charge is 0.379 e. The second-order valence-electron chi connectivity index (χ2n) is 9.37. The third-order valence-corrected chi connectivity index (χ3v) is 7.23. The van der Waals surface area contributed by atoms with Gasteiger partial charge in [0.25, 0.3) is 0 Å². The number of rotatable bonds is 5. The van der Waals surface area contributed by atoms with E-state index in [4.69, 9.17) is 14.7 Å². The average molecular weight is 427 g/mol. The first-order valence-corrected chi connectivity index (χ1v) is 11.5. The number of pyridine rings is 1. The Morgan fingerprint density at radius 2 is 1.93 bits per heavy atom. The van der Waals surface area contributed by atoms with Crippen molar-refractivity contribution in [2.24, 2.45) is 5.41 Å². The highest BCUT2D eigenvalue weighted by atomic mass is 32.1. The van der Waals surface area contributed by atoms with Gasteiger partial charge in [-0.3, -0.25) is 4.90 Å². The topological polar surface area (TPSA) is 66.4 Å². The molecular weight excluding hydrogens is 396 g/mol. The van der Waals surface area contributed by atoms with Gasteiger partial charge in [0.1, 0.15) is 22.8 Å². The third kappa shape index (κ3) is 3.50. The smallest absolute Gasteiger partial charge is 0.147 e. The Kier molecular flexibility index (Phi) is 5.03. The zero-order valence-electron chi connectivity index (χ0n) is 18.3. The lowest BCUT2D eigenvalue weighted by Crippen LogP contribution is -2.39. The molecule has 1 aliphatic heterocycles. The number of ether oxygens (including phenoxy) is 1. The lowest BCUT2D eigenvalue weighted by molar-refractivity contribution is 0.0398. The highest BCUT2D eigenvalue weighted by molar-refractivity contribution is 7.26. The molecule has 3 aromatic heterocycles. The lowest BCUT2D eigenvalue weighted by atomic mass is 9.90. The Balaban J connectivity index is 1.52. The summed E-state index contributed by atoms with van der Waals surface area (Å²) in [6.45, 7) is 10.2. The van der Waals surface area contributed by atoms with Gasteiger partial charge in [0, 0.05) is 45.7 Å². The quantitative estimate of drug-likeness (QED) is 0.672. The average Bonchev–Trinajstić information content (AvgIpc) is 3.24. The van der Waals surface area contributed by atoms with Gasteiger partial charge in [-0.1, -0.05) is 13.8 Å². The predicted molar refractivity (Wildman–Crippen MR) is 124 cm³/mol. The molecule has 160 valence electrons. The second-order valence-corrected chi connectivity index (χ2v) is 10.4. The molecule has 0 saturated carbocycles. The predicted octanol–water partition coefficient (Wildman–Crippen LogP) is 3.17. The standard InChI is InChI=1S/C22H30N6OS/c1-22(2)11-14-15(12-22)20(27(3)4)26-21-16(14)17-18(30-21)19(25-13-24-17)23-5-6-28-7-9-29-10-8-28/h13H,5-12H2,1-4H3,(H,23,24,25). The number of hydrogen-bond donors (Lipinski definition) is 1. The molecule has 8 heteroatoms. The number of aromatic nitrogens is 3. The summed E-state index contributed by atoms with van der Waals surface area (Å²) in [7, 11) is 4.18. The number of anilines is 2. The fraction of sp³-hybridized carbons (Fsp3) is 0.591. The van der Waals surface area contributed by atoms with E-state index < -0.39 is 0 Å². The van der Waals surface area contributed by atoms with Crippen LogP contribution >= 0.6 is 11.3 Å². The van der Waals surface area contributed by atoms with Gasteiger partial charge in [0.2, 0.25) is 0 Å². The van der Waals surface area contributed by atoms with Gasteiger partial charge in [0.05, 0.1) is 23.4 Å². The minimum absolute atomic E-state index is 0.254. The summed E-state index contributed by atoms with van der Waals surface area (Å²) in [5, 5.41) is 4.79. The second kappa shape index (κ2) is 7.59. The molecule has 0 aromatic carbocycles. The number of nitrogens with zero attached hydrogens (tertiary/aromatic N) is 5. The van der Waals surface area contributed by atoms with Crippen molar-refractivity contribution in [1.29, 1.82) is 0 Å². The molecule has 4 heterocycles. The van der Waals surface area contributed by atoms with Gasteiger partial charge in [-0.25, -0.2) is 15.0 Å². The van der Waals surface area contributed by atoms with Gasteiger partial charge in [0.15, 0.2) is 0 Å². The summed E-state index contributed by atoms with van der Waals surface area (Å²) < 4.78 is 6.56. The van der Waals surface area contributed by atoms with Crippen molar-refractivity contribution in [1.82, 2.24) is 19.9 Å². The molecular formula is C22H30N6OS. The van der Waals surface area contributed by atoms with E-state index in [0.29, 0.717) is 0 Å². The number of fused-ring (bicyclic) bond motifs is 5. The van der Waals surface area contributed by atoms with Crippen molar-refractivity contribution in [3.63, 3.8) is 0 Å². The number of hydrogen-bond acceptors (Lipinski definition) is 8. The molecule has 7 nitrogen and oxygen atoms in total. The van der Waals surface area contributed by atoms with Crippen LogP contribution in [0.5, 0.6) is 0 Å². The zero-order chi connectivity index (χ0) is 20.9. The summed E-state index contributed by atoms with van der Waals surface area (Å²) in [6, 6.07) is 0. The van der Waals surface area contributed by atoms with Crippen molar-refractivity contribution >= 4 is 43.4 Å². The maximum absolute atomic E-state index is 5.44. The van der Waals surface area contributed by atoms with Crippen molar-refractivity contribution in [3.05, 3.63) is 17.5 Å². The van der Waals surface area contributed by atoms with Gasteiger partial charge >= 0.3 is 0 Å². The molecule has 1 fully saturated rings. The Morgan fingerprint density at radius 3 is 2.70 bits per heavy atom. The Hall–Kier alpha value is -2.03. The Bertz CT molecular complexity index is 1090. The summed E-state index contributed by atoms with van der Waals surface area (Å²) >= 11 is 1.71. The molecule has 3 aromatic rings. The van der Waals surface area contributed by atoms with E-state index in [9.17, 15) is 0 Å². The first-order valence-electron chi connectivity index (χ1n) is 10.7. The monoisotopic (exact) mass is 426 g/mol.